The van der Waals surface area contributed by atoms with Crippen LogP contribution in [0.3, 0.4) is 0 Å². The van der Waals surface area contributed by atoms with Crippen molar-refractivity contribution in [3.05, 3.63) is 28.8 Å². The van der Waals surface area contributed by atoms with E-state index in [0.29, 0.717) is 36.6 Å². The maximum Gasteiger partial charge on any atom is 0.410 e. The topological polar surface area (TPSA) is 84.9 Å². The van der Waals surface area contributed by atoms with Crippen molar-refractivity contribution in [3.63, 3.8) is 0 Å². The highest BCUT2D eigenvalue weighted by atomic mass is 35.5. The van der Waals surface area contributed by atoms with E-state index < -0.39 is 17.5 Å². The van der Waals surface area contributed by atoms with Gasteiger partial charge in [-0.15, -0.1) is 0 Å². The number of anilines is 1. The van der Waals surface area contributed by atoms with Crippen LogP contribution >= 0.6 is 11.6 Å². The van der Waals surface area contributed by atoms with Crippen molar-refractivity contribution < 1.29 is 23.9 Å². The summed E-state index contributed by atoms with van der Waals surface area (Å²) >= 11 is 5.93. The summed E-state index contributed by atoms with van der Waals surface area (Å²) in [5.74, 6) is -1.19. The Bertz CT molecular complexity index is 737. The zero-order valence-electron chi connectivity index (χ0n) is 16.7. The molecule has 2 amide bonds. The molecular weight excluding hydrogens is 384 g/mol. The average molecular weight is 411 g/mol. The summed E-state index contributed by atoms with van der Waals surface area (Å²) in [6.07, 6.45) is 0.579. The number of nitrogens with zero attached hydrogens (tertiary/aromatic N) is 1. The minimum atomic E-state index is -0.554. The lowest BCUT2D eigenvalue weighted by Crippen LogP contribution is -2.43. The Morgan fingerprint density at radius 1 is 1.21 bits per heavy atom. The molecule has 7 nitrogen and oxygen atoms in total. The molecule has 0 atom stereocenters. The molecule has 1 fully saturated rings. The third-order valence-electron chi connectivity index (χ3n) is 4.30. The van der Waals surface area contributed by atoms with Gasteiger partial charge < -0.3 is 19.7 Å². The second kappa shape index (κ2) is 9.28. The number of hydrogen-bond donors (Lipinski definition) is 1. The third-order valence-corrected chi connectivity index (χ3v) is 4.53. The van der Waals surface area contributed by atoms with E-state index in [0.717, 1.165) is 5.56 Å². The molecule has 0 aromatic heterocycles. The molecule has 0 saturated carbocycles. The second-order valence-electron chi connectivity index (χ2n) is 7.86. The fourth-order valence-corrected chi connectivity index (χ4v) is 2.97. The molecule has 1 heterocycles. The summed E-state index contributed by atoms with van der Waals surface area (Å²) in [6.45, 7) is 7.75. The van der Waals surface area contributed by atoms with Gasteiger partial charge in [0.1, 0.15) is 5.60 Å². The van der Waals surface area contributed by atoms with E-state index in [9.17, 15) is 14.4 Å². The van der Waals surface area contributed by atoms with Crippen LogP contribution in [-0.4, -0.2) is 48.2 Å². The van der Waals surface area contributed by atoms with E-state index in [1.165, 1.54) is 0 Å². The van der Waals surface area contributed by atoms with Gasteiger partial charge in [0.05, 0.1) is 5.92 Å². The Labute approximate surface area is 170 Å². The number of piperidine rings is 1. The number of hydrogen-bond acceptors (Lipinski definition) is 5. The maximum absolute atomic E-state index is 12.2. The standard InChI is InChI=1S/C20H27ClN2O5/c1-13-5-6-15(21)11-16(13)22-17(24)12-27-18(25)14-7-9-23(10-8-14)19(26)28-20(2,3)4/h5-6,11,14H,7-10,12H2,1-4H3,(H,22,24). The Hall–Kier alpha value is -2.28. The summed E-state index contributed by atoms with van der Waals surface area (Å²) in [6, 6.07) is 5.17. The monoisotopic (exact) mass is 410 g/mol. The van der Waals surface area contributed by atoms with Gasteiger partial charge >= 0.3 is 12.1 Å². The SMILES string of the molecule is Cc1ccc(Cl)cc1NC(=O)COC(=O)C1CCN(C(=O)OC(C)(C)C)CC1. The minimum Gasteiger partial charge on any atom is -0.455 e. The zero-order valence-corrected chi connectivity index (χ0v) is 17.5. The predicted molar refractivity (Wildman–Crippen MR) is 106 cm³/mol. The van der Waals surface area contributed by atoms with Crippen LogP contribution in [0.1, 0.15) is 39.2 Å². The Balaban J connectivity index is 1.76. The second-order valence-corrected chi connectivity index (χ2v) is 8.29. The zero-order chi connectivity index (χ0) is 20.9. The van der Waals surface area contributed by atoms with E-state index in [1.54, 1.807) is 23.1 Å². The van der Waals surface area contributed by atoms with Crippen molar-refractivity contribution in [1.82, 2.24) is 4.90 Å². The normalized spacial score (nSPS) is 15.1. The first kappa shape index (κ1) is 22.0. The number of halogens is 1. The number of benzene rings is 1. The lowest BCUT2D eigenvalue weighted by atomic mass is 9.97. The largest absolute Gasteiger partial charge is 0.455 e. The molecule has 8 heteroatoms. The third kappa shape index (κ3) is 6.71. The molecule has 0 radical (unpaired) electrons. The molecule has 0 unspecified atom stereocenters. The van der Waals surface area contributed by atoms with Crippen molar-refractivity contribution in [2.75, 3.05) is 25.0 Å². The first-order chi connectivity index (χ1) is 13.0. The molecule has 1 aromatic rings. The van der Waals surface area contributed by atoms with Gasteiger partial charge in [0, 0.05) is 23.8 Å². The molecular formula is C20H27ClN2O5. The molecule has 1 aliphatic rings. The lowest BCUT2D eigenvalue weighted by molar-refractivity contribution is -0.153. The minimum absolute atomic E-state index is 0.334. The molecule has 154 valence electrons. The predicted octanol–water partition coefficient (Wildman–Crippen LogP) is 3.78. The van der Waals surface area contributed by atoms with Gasteiger partial charge in [0.2, 0.25) is 0 Å². The van der Waals surface area contributed by atoms with Crippen molar-refractivity contribution in [2.24, 2.45) is 5.92 Å². The van der Waals surface area contributed by atoms with Gasteiger partial charge in [-0.05, 0) is 58.2 Å². The summed E-state index contributed by atoms with van der Waals surface area (Å²) in [5.41, 5.74) is 0.888. The Morgan fingerprint density at radius 2 is 1.86 bits per heavy atom. The number of rotatable bonds is 4. The summed E-state index contributed by atoms with van der Waals surface area (Å²) in [5, 5.41) is 3.19. The van der Waals surface area contributed by atoms with Crippen molar-refractivity contribution in [2.45, 2.75) is 46.1 Å². The molecule has 1 aliphatic heterocycles. The summed E-state index contributed by atoms with van der Waals surface area (Å²) in [4.78, 5) is 37.9. The Morgan fingerprint density at radius 3 is 2.46 bits per heavy atom. The van der Waals surface area contributed by atoms with E-state index in [-0.39, 0.29) is 18.6 Å². The van der Waals surface area contributed by atoms with Crippen molar-refractivity contribution in [1.29, 1.82) is 0 Å². The average Bonchev–Trinajstić information content (AvgIpc) is 2.61. The molecule has 0 bridgehead atoms. The molecule has 2 rings (SSSR count). The number of nitrogens with one attached hydrogen (secondary N) is 1. The van der Waals surface area contributed by atoms with Crippen LogP contribution in [0, 0.1) is 12.8 Å². The molecule has 1 saturated heterocycles. The van der Waals surface area contributed by atoms with Gasteiger partial charge in [-0.25, -0.2) is 4.79 Å². The Kier molecular flexibility index (Phi) is 7.29. The molecule has 28 heavy (non-hydrogen) atoms. The van der Waals surface area contributed by atoms with Crippen LogP contribution in [-0.2, 0) is 19.1 Å². The van der Waals surface area contributed by atoms with E-state index in [4.69, 9.17) is 21.1 Å². The molecule has 0 spiro atoms. The van der Waals surface area contributed by atoms with E-state index in [1.807, 2.05) is 27.7 Å². The highest BCUT2D eigenvalue weighted by Gasteiger charge is 2.30. The van der Waals surface area contributed by atoms with Gasteiger partial charge in [-0.1, -0.05) is 17.7 Å². The number of likely N-dealkylation sites (tertiary alicyclic amines) is 1. The number of ether oxygens (including phenoxy) is 2. The quantitative estimate of drug-likeness (QED) is 0.763. The molecule has 1 N–H and O–H groups in total. The smallest absolute Gasteiger partial charge is 0.410 e. The number of amides is 2. The number of carbonyl (C=O) groups is 3. The number of aryl methyl sites for hydroxylation is 1. The van der Waals surface area contributed by atoms with Gasteiger partial charge in [0.15, 0.2) is 6.61 Å². The van der Waals surface area contributed by atoms with E-state index >= 15 is 0 Å². The number of carbonyl (C=O) groups excluding carboxylic acids is 3. The van der Waals surface area contributed by atoms with Crippen LogP contribution in [0.5, 0.6) is 0 Å². The molecule has 0 aliphatic carbocycles. The van der Waals surface area contributed by atoms with Crippen LogP contribution < -0.4 is 5.32 Å². The van der Waals surface area contributed by atoms with Crippen molar-refractivity contribution >= 4 is 35.3 Å². The maximum atomic E-state index is 12.2. The van der Waals surface area contributed by atoms with Gasteiger partial charge in [-0.2, -0.15) is 0 Å². The summed E-state index contributed by atoms with van der Waals surface area (Å²) < 4.78 is 10.5. The van der Waals surface area contributed by atoms with E-state index in [2.05, 4.69) is 5.32 Å². The van der Waals surface area contributed by atoms with Crippen LogP contribution in [0.15, 0.2) is 18.2 Å². The first-order valence-corrected chi connectivity index (χ1v) is 9.63. The number of esters is 1. The van der Waals surface area contributed by atoms with Crippen LogP contribution in [0.25, 0.3) is 0 Å². The summed E-state index contributed by atoms with van der Waals surface area (Å²) in [7, 11) is 0. The lowest BCUT2D eigenvalue weighted by Gasteiger charge is -2.32. The fourth-order valence-electron chi connectivity index (χ4n) is 2.79. The van der Waals surface area contributed by atoms with Crippen LogP contribution in [0.4, 0.5) is 10.5 Å². The first-order valence-electron chi connectivity index (χ1n) is 9.26. The van der Waals surface area contributed by atoms with Crippen LogP contribution in [0.2, 0.25) is 5.02 Å². The van der Waals surface area contributed by atoms with Gasteiger partial charge in [0.25, 0.3) is 5.91 Å². The van der Waals surface area contributed by atoms with Crippen molar-refractivity contribution in [3.8, 4) is 0 Å². The molecule has 1 aromatic carbocycles. The van der Waals surface area contributed by atoms with Gasteiger partial charge in [-0.3, -0.25) is 9.59 Å². The fraction of sp³-hybridized carbons (Fsp3) is 0.550. The highest BCUT2D eigenvalue weighted by molar-refractivity contribution is 6.31. The highest BCUT2D eigenvalue weighted by Crippen LogP contribution is 2.22.